The molecule has 1 aromatic rings. The molecule has 2 fully saturated rings. The SMILES string of the molecule is CN=C(NCc1sc(C)nc1C)N1CCN(CC(=O)N2CCCCCC2)CC1. The number of rotatable bonds is 4. The second-order valence-electron chi connectivity index (χ2n) is 7.70. The molecule has 28 heavy (non-hydrogen) atoms. The highest BCUT2D eigenvalue weighted by molar-refractivity contribution is 7.11. The highest BCUT2D eigenvalue weighted by Crippen LogP contribution is 2.17. The molecule has 7 nitrogen and oxygen atoms in total. The van der Waals surface area contributed by atoms with Gasteiger partial charge in [0.2, 0.25) is 5.91 Å². The summed E-state index contributed by atoms with van der Waals surface area (Å²) in [5, 5.41) is 4.58. The minimum Gasteiger partial charge on any atom is -0.351 e. The van der Waals surface area contributed by atoms with Crippen molar-refractivity contribution in [1.29, 1.82) is 0 Å². The lowest BCUT2D eigenvalue weighted by molar-refractivity contribution is -0.132. The van der Waals surface area contributed by atoms with Gasteiger partial charge in [0, 0.05) is 51.2 Å². The molecule has 0 saturated carbocycles. The van der Waals surface area contributed by atoms with Crippen LogP contribution in [-0.2, 0) is 11.3 Å². The zero-order chi connectivity index (χ0) is 19.9. The van der Waals surface area contributed by atoms with E-state index in [0.717, 1.165) is 75.3 Å². The molecule has 0 aromatic carbocycles. The third kappa shape index (κ3) is 5.67. The number of hydrogen-bond acceptors (Lipinski definition) is 5. The molecule has 2 aliphatic rings. The van der Waals surface area contributed by atoms with E-state index in [4.69, 9.17) is 0 Å². The predicted octanol–water partition coefficient (Wildman–Crippen LogP) is 1.86. The molecular formula is C20H34N6OS. The molecule has 1 amide bonds. The molecule has 0 aliphatic carbocycles. The van der Waals surface area contributed by atoms with E-state index in [1.165, 1.54) is 17.7 Å². The molecular weight excluding hydrogens is 372 g/mol. The highest BCUT2D eigenvalue weighted by atomic mass is 32.1. The van der Waals surface area contributed by atoms with E-state index in [1.54, 1.807) is 11.3 Å². The van der Waals surface area contributed by atoms with Crippen LogP contribution in [0, 0.1) is 13.8 Å². The minimum absolute atomic E-state index is 0.300. The number of likely N-dealkylation sites (tertiary alicyclic amines) is 1. The van der Waals surface area contributed by atoms with Gasteiger partial charge in [0.15, 0.2) is 5.96 Å². The molecule has 0 unspecified atom stereocenters. The summed E-state index contributed by atoms with van der Waals surface area (Å²) in [6.07, 6.45) is 4.82. The zero-order valence-corrected chi connectivity index (χ0v) is 18.4. The first kappa shape index (κ1) is 21.0. The summed E-state index contributed by atoms with van der Waals surface area (Å²) in [4.78, 5) is 29.5. The van der Waals surface area contributed by atoms with E-state index in [9.17, 15) is 4.79 Å². The first-order valence-electron chi connectivity index (χ1n) is 10.5. The van der Waals surface area contributed by atoms with E-state index in [2.05, 4.69) is 36.9 Å². The fourth-order valence-corrected chi connectivity index (χ4v) is 4.84. The van der Waals surface area contributed by atoms with Gasteiger partial charge in [0.05, 0.1) is 23.8 Å². The number of amides is 1. The Morgan fingerprint density at radius 2 is 1.71 bits per heavy atom. The number of hydrogen-bond donors (Lipinski definition) is 1. The molecule has 1 N–H and O–H groups in total. The molecule has 8 heteroatoms. The first-order chi connectivity index (χ1) is 13.6. The maximum Gasteiger partial charge on any atom is 0.236 e. The van der Waals surface area contributed by atoms with Crippen LogP contribution in [0.1, 0.15) is 41.3 Å². The minimum atomic E-state index is 0.300. The third-order valence-electron chi connectivity index (χ3n) is 5.61. The molecule has 3 rings (SSSR count). The first-order valence-corrected chi connectivity index (χ1v) is 11.3. The van der Waals surface area contributed by atoms with Crippen LogP contribution in [0.3, 0.4) is 0 Å². The summed E-state index contributed by atoms with van der Waals surface area (Å²) in [5.41, 5.74) is 1.10. The Kier molecular flexibility index (Phi) is 7.67. The van der Waals surface area contributed by atoms with Crippen molar-refractivity contribution in [2.24, 2.45) is 4.99 Å². The van der Waals surface area contributed by atoms with Crippen molar-refractivity contribution in [3.05, 3.63) is 15.6 Å². The van der Waals surface area contributed by atoms with Crippen LogP contribution >= 0.6 is 11.3 Å². The van der Waals surface area contributed by atoms with Gasteiger partial charge in [-0.1, -0.05) is 12.8 Å². The van der Waals surface area contributed by atoms with Crippen molar-refractivity contribution < 1.29 is 4.79 Å². The number of aromatic nitrogens is 1. The number of thiazole rings is 1. The van der Waals surface area contributed by atoms with E-state index in [-0.39, 0.29) is 0 Å². The Balaban J connectivity index is 1.44. The number of piperazine rings is 1. The number of aryl methyl sites for hydroxylation is 2. The van der Waals surface area contributed by atoms with Crippen molar-refractivity contribution in [3.8, 4) is 0 Å². The number of nitrogens with zero attached hydrogens (tertiary/aromatic N) is 5. The summed E-state index contributed by atoms with van der Waals surface area (Å²) in [6, 6.07) is 0. The van der Waals surface area contributed by atoms with Gasteiger partial charge in [0.1, 0.15) is 0 Å². The van der Waals surface area contributed by atoms with E-state index < -0.39 is 0 Å². The summed E-state index contributed by atoms with van der Waals surface area (Å²) in [6.45, 7) is 10.9. The third-order valence-corrected chi connectivity index (χ3v) is 6.68. The van der Waals surface area contributed by atoms with Crippen LogP contribution in [0.4, 0.5) is 0 Å². The number of guanidine groups is 1. The fraction of sp³-hybridized carbons (Fsp3) is 0.750. The van der Waals surface area contributed by atoms with Gasteiger partial charge in [-0.25, -0.2) is 4.98 Å². The van der Waals surface area contributed by atoms with Gasteiger partial charge in [-0.05, 0) is 26.7 Å². The van der Waals surface area contributed by atoms with E-state index >= 15 is 0 Å². The molecule has 1 aromatic heterocycles. The smallest absolute Gasteiger partial charge is 0.236 e. The number of carbonyl (C=O) groups is 1. The Morgan fingerprint density at radius 1 is 1.04 bits per heavy atom. The molecule has 0 radical (unpaired) electrons. The van der Waals surface area contributed by atoms with Crippen molar-refractivity contribution in [2.75, 3.05) is 52.9 Å². The lowest BCUT2D eigenvalue weighted by Gasteiger charge is -2.36. The largest absolute Gasteiger partial charge is 0.351 e. The standard InChI is InChI=1S/C20H34N6OS/c1-16-18(28-17(2)23-16)14-22-20(21-3)26-12-10-24(11-13-26)15-19(27)25-8-6-4-5-7-9-25/h4-15H2,1-3H3,(H,21,22). The predicted molar refractivity (Wildman–Crippen MR) is 115 cm³/mol. The molecule has 0 bridgehead atoms. The zero-order valence-electron chi connectivity index (χ0n) is 17.5. The van der Waals surface area contributed by atoms with Crippen LogP contribution < -0.4 is 5.32 Å². The Labute approximate surface area is 172 Å². The molecule has 2 saturated heterocycles. The molecule has 0 spiro atoms. The molecule has 0 atom stereocenters. The van der Waals surface area contributed by atoms with Gasteiger partial charge in [-0.2, -0.15) is 0 Å². The van der Waals surface area contributed by atoms with Crippen molar-refractivity contribution >= 4 is 23.2 Å². The van der Waals surface area contributed by atoms with Crippen molar-refractivity contribution in [1.82, 2.24) is 25.0 Å². The van der Waals surface area contributed by atoms with Gasteiger partial charge in [-0.15, -0.1) is 11.3 Å². The summed E-state index contributed by atoms with van der Waals surface area (Å²) < 4.78 is 0. The van der Waals surface area contributed by atoms with E-state index in [1.807, 2.05) is 14.0 Å². The van der Waals surface area contributed by atoms with Gasteiger partial charge in [-0.3, -0.25) is 14.7 Å². The summed E-state index contributed by atoms with van der Waals surface area (Å²) in [5.74, 6) is 1.23. The lowest BCUT2D eigenvalue weighted by atomic mass is 10.2. The van der Waals surface area contributed by atoms with Crippen molar-refractivity contribution in [3.63, 3.8) is 0 Å². The van der Waals surface area contributed by atoms with Crippen molar-refractivity contribution in [2.45, 2.75) is 46.1 Å². The van der Waals surface area contributed by atoms with Crippen LogP contribution in [0.5, 0.6) is 0 Å². The maximum absolute atomic E-state index is 12.6. The second kappa shape index (κ2) is 10.2. The van der Waals surface area contributed by atoms with Crippen LogP contribution in [-0.4, -0.2) is 84.4 Å². The van der Waals surface area contributed by atoms with Gasteiger partial charge >= 0.3 is 0 Å². The maximum atomic E-state index is 12.6. The highest BCUT2D eigenvalue weighted by Gasteiger charge is 2.23. The van der Waals surface area contributed by atoms with Crippen LogP contribution in [0.25, 0.3) is 0 Å². The van der Waals surface area contributed by atoms with Gasteiger partial charge < -0.3 is 15.1 Å². The number of carbonyl (C=O) groups excluding carboxylic acids is 1. The fourth-order valence-electron chi connectivity index (χ4n) is 3.96. The average molecular weight is 407 g/mol. The summed E-state index contributed by atoms with van der Waals surface area (Å²) >= 11 is 1.74. The van der Waals surface area contributed by atoms with Crippen LogP contribution in [0.2, 0.25) is 0 Å². The average Bonchev–Trinajstić information content (AvgIpc) is 2.89. The molecule has 156 valence electrons. The van der Waals surface area contributed by atoms with Crippen LogP contribution in [0.15, 0.2) is 4.99 Å². The normalized spacial score (nSPS) is 19.6. The second-order valence-corrected chi connectivity index (χ2v) is 8.99. The summed E-state index contributed by atoms with van der Waals surface area (Å²) in [7, 11) is 1.84. The molecule has 3 heterocycles. The van der Waals surface area contributed by atoms with E-state index in [0.29, 0.717) is 12.5 Å². The Bertz CT molecular complexity index is 672. The topological polar surface area (TPSA) is 64.1 Å². The Hall–Kier alpha value is -1.67. The Morgan fingerprint density at radius 3 is 2.29 bits per heavy atom. The monoisotopic (exact) mass is 406 g/mol. The molecule has 2 aliphatic heterocycles. The number of aliphatic imine (C=N–C) groups is 1. The lowest BCUT2D eigenvalue weighted by Crippen LogP contribution is -2.54. The quantitative estimate of drug-likeness (QED) is 0.611. The van der Waals surface area contributed by atoms with Gasteiger partial charge in [0.25, 0.3) is 0 Å². The number of nitrogens with one attached hydrogen (secondary N) is 1.